The molecule has 0 aromatic heterocycles. The first-order chi connectivity index (χ1) is 9.12. The maximum absolute atomic E-state index is 11.6. The third-order valence-corrected chi connectivity index (χ3v) is 3.56. The minimum absolute atomic E-state index is 0.00405. The Hall–Kier alpha value is -1.68. The van der Waals surface area contributed by atoms with Gasteiger partial charge >= 0.3 is 5.97 Å². The van der Waals surface area contributed by atoms with Crippen LogP contribution in [0, 0.1) is 5.41 Å². The summed E-state index contributed by atoms with van der Waals surface area (Å²) in [4.78, 5) is 22.5. The van der Waals surface area contributed by atoms with Gasteiger partial charge in [0.1, 0.15) is 5.60 Å². The molecule has 104 valence electrons. The van der Waals surface area contributed by atoms with Crippen molar-refractivity contribution in [3.05, 3.63) is 35.5 Å². The van der Waals surface area contributed by atoms with E-state index in [1.165, 1.54) is 6.08 Å². The van der Waals surface area contributed by atoms with Gasteiger partial charge in [0.25, 0.3) is 1.43 Å². The molecule has 19 heavy (non-hydrogen) atoms. The molecule has 0 spiro atoms. The molecule has 0 aromatic rings. The Morgan fingerprint density at radius 2 is 2.16 bits per heavy atom. The highest BCUT2D eigenvalue weighted by molar-refractivity contribution is 5.92. The van der Waals surface area contributed by atoms with E-state index in [4.69, 9.17) is 1.43 Å². The van der Waals surface area contributed by atoms with E-state index < -0.39 is 17.0 Å². The summed E-state index contributed by atoms with van der Waals surface area (Å²) in [6.45, 7) is 7.02. The number of carbonyl (C=O) groups is 2. The summed E-state index contributed by atoms with van der Waals surface area (Å²) in [5.41, 5.74) is -0.752. The first-order valence-electron chi connectivity index (χ1n) is 6.52. The van der Waals surface area contributed by atoms with Crippen LogP contribution in [0.5, 0.6) is 0 Å². The maximum atomic E-state index is 11.6. The summed E-state index contributed by atoms with van der Waals surface area (Å²) in [5.74, 6) is -0.778. The fraction of sp³-hybridized carbons (Fsp3) is 0.467. The van der Waals surface area contributed by atoms with Crippen LogP contribution in [-0.2, 0) is 9.59 Å². The number of aliphatic carboxylic acids is 1. The highest BCUT2D eigenvalue weighted by Gasteiger charge is 2.46. The van der Waals surface area contributed by atoms with Gasteiger partial charge in [-0.25, -0.2) is 4.79 Å². The van der Waals surface area contributed by atoms with Gasteiger partial charge in [-0.15, -0.1) is 0 Å². The minimum atomic E-state index is -1.25. The molecule has 0 saturated heterocycles. The fourth-order valence-corrected chi connectivity index (χ4v) is 2.35. The maximum Gasteiger partial charge on any atom is 0.328 e. The predicted molar refractivity (Wildman–Crippen MR) is 72.6 cm³/mol. The van der Waals surface area contributed by atoms with Gasteiger partial charge in [-0.2, -0.15) is 0 Å². The van der Waals surface area contributed by atoms with E-state index in [-0.39, 0.29) is 12.2 Å². The number of ketones is 1. The number of hydrogen-bond donors (Lipinski definition) is 2. The van der Waals surface area contributed by atoms with Crippen molar-refractivity contribution in [2.24, 2.45) is 5.41 Å². The molecule has 0 radical (unpaired) electrons. The second kappa shape index (κ2) is 5.13. The van der Waals surface area contributed by atoms with Gasteiger partial charge in [0.15, 0.2) is 5.78 Å². The SMILES string of the molecule is [2H]OC(=O)/C=C(C)\C=C\[C@@]1(O)C(C)=CC(=O)CC1(C)C. The van der Waals surface area contributed by atoms with Gasteiger partial charge in [0.2, 0.25) is 0 Å². The largest absolute Gasteiger partial charge is 0.478 e. The smallest absolute Gasteiger partial charge is 0.328 e. The van der Waals surface area contributed by atoms with E-state index in [2.05, 4.69) is 5.11 Å². The average Bonchev–Trinajstić information content (AvgIpc) is 2.32. The van der Waals surface area contributed by atoms with Crippen molar-refractivity contribution in [2.45, 2.75) is 39.7 Å². The highest BCUT2D eigenvalue weighted by atomic mass is 16.4. The summed E-state index contributed by atoms with van der Waals surface area (Å²) in [6, 6.07) is 0. The van der Waals surface area contributed by atoms with Crippen molar-refractivity contribution < 1.29 is 19.8 Å². The lowest BCUT2D eigenvalue weighted by Crippen LogP contribution is -2.48. The standard InChI is InChI=1S/C15H20O4/c1-10(7-13(17)18)5-6-15(19)11(2)8-12(16)9-14(15,3)4/h5-8,19H,9H2,1-4H3,(H,17,18)/b6-5+,10-7-/t15-/m1/s1/i/hD. The van der Waals surface area contributed by atoms with Crippen molar-refractivity contribution in [1.82, 2.24) is 0 Å². The van der Waals surface area contributed by atoms with Gasteiger partial charge in [0.05, 0.1) is 0 Å². The first kappa shape index (κ1) is 13.7. The normalized spacial score (nSPS) is 28.1. The zero-order valence-corrected chi connectivity index (χ0v) is 11.7. The van der Waals surface area contributed by atoms with Crippen LogP contribution >= 0.6 is 0 Å². The quantitative estimate of drug-likeness (QED) is 0.606. The molecule has 1 atom stereocenters. The molecule has 0 saturated carbocycles. The van der Waals surface area contributed by atoms with E-state index in [0.717, 1.165) is 6.08 Å². The summed E-state index contributed by atoms with van der Waals surface area (Å²) in [5, 5.41) is 14.6. The molecule has 0 aromatic carbocycles. The van der Waals surface area contributed by atoms with E-state index in [9.17, 15) is 14.7 Å². The molecule has 1 rings (SSSR count). The molecular formula is C15H20O4. The molecule has 4 heteroatoms. The van der Waals surface area contributed by atoms with Crippen LogP contribution in [0.15, 0.2) is 35.5 Å². The lowest BCUT2D eigenvalue weighted by molar-refractivity contribution is -0.131. The van der Waals surface area contributed by atoms with Crippen molar-refractivity contribution in [3.63, 3.8) is 0 Å². The summed E-state index contributed by atoms with van der Waals surface area (Å²) >= 11 is 0. The average molecular weight is 265 g/mol. The van der Waals surface area contributed by atoms with Crippen molar-refractivity contribution in [3.8, 4) is 0 Å². The molecule has 0 heterocycles. The minimum Gasteiger partial charge on any atom is -0.478 e. The molecule has 0 bridgehead atoms. The van der Waals surface area contributed by atoms with Gasteiger partial charge in [-0.05, 0) is 37.1 Å². The number of allylic oxidation sites excluding steroid dienone is 3. The third kappa shape index (κ3) is 3.20. The molecule has 0 aliphatic heterocycles. The Bertz CT molecular complexity index is 514. The van der Waals surface area contributed by atoms with E-state index in [0.29, 0.717) is 11.1 Å². The molecule has 0 unspecified atom stereocenters. The summed E-state index contributed by atoms with van der Waals surface area (Å²) in [6.07, 6.45) is 6.03. The van der Waals surface area contributed by atoms with Crippen LogP contribution in [-0.4, -0.2) is 27.6 Å². The van der Waals surface area contributed by atoms with E-state index >= 15 is 0 Å². The number of hydrogen-bond acceptors (Lipinski definition) is 4. The topological polar surface area (TPSA) is 74.6 Å². The van der Waals surface area contributed by atoms with Crippen LogP contribution in [0.3, 0.4) is 0 Å². The monoisotopic (exact) mass is 265 g/mol. The highest BCUT2D eigenvalue weighted by Crippen LogP contribution is 2.44. The van der Waals surface area contributed by atoms with Crippen LogP contribution < -0.4 is 0 Å². The number of aliphatic hydroxyl groups is 1. The van der Waals surface area contributed by atoms with Crippen molar-refractivity contribution >= 4 is 11.8 Å². The van der Waals surface area contributed by atoms with Gasteiger partial charge < -0.3 is 10.2 Å². The molecule has 4 nitrogen and oxygen atoms in total. The summed E-state index contributed by atoms with van der Waals surface area (Å²) < 4.78 is 6.47. The van der Waals surface area contributed by atoms with E-state index in [1.54, 1.807) is 26.0 Å². The second-order valence-corrected chi connectivity index (χ2v) is 5.66. The van der Waals surface area contributed by atoms with Gasteiger partial charge in [0, 0.05) is 17.9 Å². The molecular weight excluding hydrogens is 244 g/mol. The Labute approximate surface area is 114 Å². The lowest BCUT2D eigenvalue weighted by Gasteiger charge is -2.43. The zero-order chi connectivity index (χ0) is 15.6. The number of carbonyl (C=O) groups excluding carboxylic acids is 1. The second-order valence-electron chi connectivity index (χ2n) is 5.66. The first-order valence-corrected chi connectivity index (χ1v) is 6.11. The Kier molecular flexibility index (Phi) is 3.71. The third-order valence-electron chi connectivity index (χ3n) is 3.56. The number of rotatable bonds is 3. The Morgan fingerprint density at radius 1 is 1.53 bits per heavy atom. The lowest BCUT2D eigenvalue weighted by atomic mass is 9.64. The van der Waals surface area contributed by atoms with Crippen molar-refractivity contribution in [1.29, 1.82) is 1.43 Å². The van der Waals surface area contributed by atoms with Crippen molar-refractivity contribution in [2.75, 3.05) is 0 Å². The summed E-state index contributed by atoms with van der Waals surface area (Å²) in [7, 11) is 0. The van der Waals surface area contributed by atoms with Crippen LogP contribution in [0.4, 0.5) is 0 Å². The molecule has 0 amide bonds. The molecule has 1 aliphatic carbocycles. The van der Waals surface area contributed by atoms with Gasteiger partial charge in [-0.3, -0.25) is 4.79 Å². The number of carboxylic acids is 1. The van der Waals surface area contributed by atoms with Crippen LogP contribution in [0.25, 0.3) is 1.43 Å². The van der Waals surface area contributed by atoms with Crippen LogP contribution in [0.1, 0.15) is 34.1 Å². The van der Waals surface area contributed by atoms with Gasteiger partial charge in [-0.1, -0.05) is 19.9 Å². The Balaban J connectivity index is 3.10. The molecule has 0 fully saturated rings. The molecule has 1 aliphatic rings. The molecule has 2 N–H and O–H groups in total. The predicted octanol–water partition coefficient (Wildman–Crippen LogP) is 2.25. The van der Waals surface area contributed by atoms with E-state index in [1.807, 2.05) is 13.8 Å². The van der Waals surface area contributed by atoms with Crippen LogP contribution in [0.2, 0.25) is 0 Å². The Morgan fingerprint density at radius 3 is 2.68 bits per heavy atom. The fourth-order valence-electron chi connectivity index (χ4n) is 2.35. The number of carboxylic acid groups (broad SMARTS) is 1. The zero-order valence-electron chi connectivity index (χ0n) is 12.7.